The summed E-state index contributed by atoms with van der Waals surface area (Å²) in [5, 5.41) is 0.0500. The average Bonchev–Trinajstić information content (AvgIpc) is 2.28. The fourth-order valence-electron chi connectivity index (χ4n) is 1.37. The molecule has 1 rings (SSSR count). The van der Waals surface area contributed by atoms with Gasteiger partial charge in [-0.1, -0.05) is 23.2 Å². The Hall–Kier alpha value is -1.14. The number of hydrogen-bond donors (Lipinski definition) is 1. The molecular weight excluding hydrogens is 304 g/mol. The molecule has 0 aromatic heterocycles. The minimum absolute atomic E-state index is 0.0173. The fraction of sp³-hybridized carbons (Fsp3) is 0.364. The molecular formula is C11H11Cl2F3N2O. The van der Waals surface area contributed by atoms with Crippen molar-refractivity contribution in [3.63, 3.8) is 0 Å². The number of rotatable bonds is 3. The van der Waals surface area contributed by atoms with E-state index in [2.05, 4.69) is 0 Å². The number of carbonyl (C=O) groups is 1. The van der Waals surface area contributed by atoms with Gasteiger partial charge in [-0.05, 0) is 12.1 Å². The first-order valence-corrected chi connectivity index (χ1v) is 5.94. The number of hydrogen-bond acceptors (Lipinski definition) is 2. The summed E-state index contributed by atoms with van der Waals surface area (Å²) < 4.78 is 36.3. The maximum absolute atomic E-state index is 12.1. The van der Waals surface area contributed by atoms with E-state index in [0.29, 0.717) is 0 Å². The molecule has 1 aromatic rings. The largest absolute Gasteiger partial charge is 0.399 e. The van der Waals surface area contributed by atoms with Crippen LogP contribution >= 0.6 is 23.2 Å². The van der Waals surface area contributed by atoms with Crippen molar-refractivity contribution in [1.29, 1.82) is 0 Å². The Morgan fingerprint density at radius 2 is 1.95 bits per heavy atom. The molecule has 0 fully saturated rings. The van der Waals surface area contributed by atoms with E-state index < -0.39 is 25.0 Å². The molecule has 1 aromatic carbocycles. The highest BCUT2D eigenvalue weighted by Gasteiger charge is 2.28. The van der Waals surface area contributed by atoms with Crippen LogP contribution in [0.3, 0.4) is 0 Å². The molecule has 0 atom stereocenters. The number of nitrogens with two attached hydrogens (primary N) is 1. The summed E-state index contributed by atoms with van der Waals surface area (Å²) in [6.07, 6.45) is -5.42. The second-order valence-electron chi connectivity index (χ2n) is 3.96. The monoisotopic (exact) mass is 314 g/mol. The lowest BCUT2D eigenvalue weighted by molar-refractivity contribution is -0.136. The van der Waals surface area contributed by atoms with Crippen LogP contribution in [-0.2, 0) is 0 Å². The first-order chi connectivity index (χ1) is 8.61. The predicted octanol–water partition coefficient (Wildman–Crippen LogP) is 3.60. The second kappa shape index (κ2) is 5.88. The quantitative estimate of drug-likeness (QED) is 0.866. The van der Waals surface area contributed by atoms with E-state index in [1.54, 1.807) is 0 Å². The third kappa shape index (κ3) is 4.47. The summed E-state index contributed by atoms with van der Waals surface area (Å²) in [6, 6.07) is 2.64. The van der Waals surface area contributed by atoms with Gasteiger partial charge in [0.25, 0.3) is 5.91 Å². The SMILES string of the molecule is CN(CCC(F)(F)F)C(=O)c1cc(N)cc(Cl)c1Cl. The molecule has 0 spiro atoms. The molecule has 106 valence electrons. The minimum Gasteiger partial charge on any atom is -0.399 e. The Morgan fingerprint density at radius 1 is 1.37 bits per heavy atom. The summed E-state index contributed by atoms with van der Waals surface area (Å²) in [6.45, 7) is -0.467. The molecule has 0 aliphatic carbocycles. The Kier molecular flexibility index (Phi) is 4.92. The lowest BCUT2D eigenvalue weighted by Gasteiger charge is -2.19. The standard InChI is InChI=1S/C11H11Cl2F3N2O/c1-18(3-2-11(14,15)16)10(19)7-4-6(17)5-8(12)9(7)13/h4-5H,2-3,17H2,1H3. The zero-order chi connectivity index (χ0) is 14.8. The van der Waals surface area contributed by atoms with Gasteiger partial charge in [0.15, 0.2) is 0 Å². The zero-order valence-electron chi connectivity index (χ0n) is 9.89. The molecule has 0 saturated heterocycles. The summed E-state index contributed by atoms with van der Waals surface area (Å²) in [4.78, 5) is 12.9. The van der Waals surface area contributed by atoms with Crippen LogP contribution in [0.2, 0.25) is 10.0 Å². The van der Waals surface area contributed by atoms with Gasteiger partial charge in [-0.15, -0.1) is 0 Å². The zero-order valence-corrected chi connectivity index (χ0v) is 11.4. The Bertz CT molecular complexity index is 492. The van der Waals surface area contributed by atoms with Gasteiger partial charge in [0.2, 0.25) is 0 Å². The predicted molar refractivity (Wildman–Crippen MR) is 68.5 cm³/mol. The summed E-state index contributed by atoms with van der Waals surface area (Å²) in [5.41, 5.74) is 5.71. The van der Waals surface area contributed by atoms with Crippen molar-refractivity contribution >= 4 is 34.8 Å². The third-order valence-corrected chi connectivity index (χ3v) is 3.16. The van der Waals surface area contributed by atoms with E-state index in [1.807, 2.05) is 0 Å². The molecule has 2 N–H and O–H groups in total. The highest BCUT2D eigenvalue weighted by Crippen LogP contribution is 2.29. The molecule has 0 heterocycles. The Balaban J connectivity index is 2.89. The highest BCUT2D eigenvalue weighted by molar-refractivity contribution is 6.44. The molecule has 19 heavy (non-hydrogen) atoms. The number of alkyl halides is 3. The van der Waals surface area contributed by atoms with Crippen LogP contribution in [0.5, 0.6) is 0 Å². The van der Waals surface area contributed by atoms with Crippen molar-refractivity contribution in [3.8, 4) is 0 Å². The number of amides is 1. The molecule has 0 saturated carbocycles. The third-order valence-electron chi connectivity index (χ3n) is 2.36. The molecule has 3 nitrogen and oxygen atoms in total. The van der Waals surface area contributed by atoms with Gasteiger partial charge in [-0.25, -0.2) is 0 Å². The van der Waals surface area contributed by atoms with Crippen molar-refractivity contribution in [1.82, 2.24) is 4.90 Å². The van der Waals surface area contributed by atoms with Gasteiger partial charge in [0, 0.05) is 19.3 Å². The van der Waals surface area contributed by atoms with E-state index in [9.17, 15) is 18.0 Å². The fourth-order valence-corrected chi connectivity index (χ4v) is 1.79. The molecule has 0 aliphatic rings. The molecule has 0 aliphatic heterocycles. The van der Waals surface area contributed by atoms with Gasteiger partial charge in [-0.3, -0.25) is 4.79 Å². The average molecular weight is 315 g/mol. The van der Waals surface area contributed by atoms with Crippen LogP contribution in [-0.4, -0.2) is 30.6 Å². The number of halogens is 5. The van der Waals surface area contributed by atoms with Crippen molar-refractivity contribution in [2.45, 2.75) is 12.6 Å². The number of anilines is 1. The van der Waals surface area contributed by atoms with Crippen LogP contribution in [0.25, 0.3) is 0 Å². The van der Waals surface area contributed by atoms with Gasteiger partial charge >= 0.3 is 6.18 Å². The summed E-state index contributed by atoms with van der Waals surface area (Å²) in [7, 11) is 1.25. The second-order valence-corrected chi connectivity index (χ2v) is 4.74. The maximum Gasteiger partial charge on any atom is 0.390 e. The minimum atomic E-state index is -4.33. The lowest BCUT2D eigenvalue weighted by Crippen LogP contribution is -2.30. The molecule has 0 radical (unpaired) electrons. The van der Waals surface area contributed by atoms with E-state index in [0.717, 1.165) is 4.90 Å². The number of nitrogen functional groups attached to an aromatic ring is 1. The topological polar surface area (TPSA) is 46.3 Å². The van der Waals surface area contributed by atoms with Crippen molar-refractivity contribution < 1.29 is 18.0 Å². The van der Waals surface area contributed by atoms with Crippen LogP contribution < -0.4 is 5.73 Å². The van der Waals surface area contributed by atoms with Crippen molar-refractivity contribution in [3.05, 3.63) is 27.7 Å². The van der Waals surface area contributed by atoms with Crippen molar-refractivity contribution in [2.75, 3.05) is 19.3 Å². The number of carbonyl (C=O) groups excluding carboxylic acids is 1. The van der Waals surface area contributed by atoms with Crippen LogP contribution in [0.1, 0.15) is 16.8 Å². The van der Waals surface area contributed by atoms with E-state index >= 15 is 0 Å². The van der Waals surface area contributed by atoms with E-state index in [4.69, 9.17) is 28.9 Å². The van der Waals surface area contributed by atoms with Crippen molar-refractivity contribution in [2.24, 2.45) is 0 Å². The highest BCUT2D eigenvalue weighted by atomic mass is 35.5. The lowest BCUT2D eigenvalue weighted by atomic mass is 10.1. The van der Waals surface area contributed by atoms with Gasteiger partial charge < -0.3 is 10.6 Å². The smallest absolute Gasteiger partial charge is 0.390 e. The molecule has 0 unspecified atom stereocenters. The molecule has 1 amide bonds. The number of nitrogens with zero attached hydrogens (tertiary/aromatic N) is 1. The van der Waals surface area contributed by atoms with Crippen LogP contribution in [0.4, 0.5) is 18.9 Å². The first-order valence-electron chi connectivity index (χ1n) is 5.18. The normalized spacial score (nSPS) is 11.5. The first kappa shape index (κ1) is 15.9. The van der Waals surface area contributed by atoms with Gasteiger partial charge in [-0.2, -0.15) is 13.2 Å². The molecule has 8 heteroatoms. The van der Waals surface area contributed by atoms with Gasteiger partial charge in [0.1, 0.15) is 0 Å². The summed E-state index contributed by atoms with van der Waals surface area (Å²) in [5.74, 6) is -0.663. The van der Waals surface area contributed by atoms with Gasteiger partial charge in [0.05, 0.1) is 22.0 Å². The van der Waals surface area contributed by atoms with E-state index in [-0.39, 0.29) is 21.3 Å². The summed E-state index contributed by atoms with van der Waals surface area (Å²) >= 11 is 11.6. The Labute approximate surface area is 118 Å². The van der Waals surface area contributed by atoms with Crippen LogP contribution in [0, 0.1) is 0 Å². The maximum atomic E-state index is 12.1. The molecule has 0 bridgehead atoms. The number of benzene rings is 1. The van der Waals surface area contributed by atoms with Crippen LogP contribution in [0.15, 0.2) is 12.1 Å². The Morgan fingerprint density at radius 3 is 2.47 bits per heavy atom. The van der Waals surface area contributed by atoms with E-state index in [1.165, 1.54) is 19.2 Å².